The molecule has 1 aromatic heterocycles. The zero-order valence-corrected chi connectivity index (χ0v) is 20.1. The molecule has 0 N–H and O–H groups in total. The molecule has 0 aliphatic carbocycles. The molecule has 0 spiro atoms. The fourth-order valence-electron chi connectivity index (χ4n) is 5.43. The van der Waals surface area contributed by atoms with Gasteiger partial charge in [0.1, 0.15) is 0 Å². The second kappa shape index (κ2) is 8.25. The van der Waals surface area contributed by atoms with E-state index in [0.717, 1.165) is 0 Å². The Morgan fingerprint density at radius 3 is 2.00 bits per heavy atom. The highest BCUT2D eigenvalue weighted by molar-refractivity contribution is 6.19. The summed E-state index contributed by atoms with van der Waals surface area (Å²) in [6, 6.07) is 48.5. The first-order valence-electron chi connectivity index (χ1n) is 12.5. The number of hydrogen-bond acceptors (Lipinski definition) is 0. The van der Waals surface area contributed by atoms with Crippen molar-refractivity contribution in [2.75, 3.05) is 0 Å². The van der Waals surface area contributed by atoms with Gasteiger partial charge in [0.25, 0.3) is 0 Å². The van der Waals surface area contributed by atoms with Gasteiger partial charge in [-0.25, -0.2) is 0 Å². The van der Waals surface area contributed by atoms with Gasteiger partial charge < -0.3 is 4.57 Å². The molecule has 7 aromatic rings. The summed E-state index contributed by atoms with van der Waals surface area (Å²) in [4.78, 5) is 0. The Kier molecular flexibility index (Phi) is 4.75. The lowest BCUT2D eigenvalue weighted by atomic mass is 10.0. The van der Waals surface area contributed by atoms with E-state index in [2.05, 4.69) is 145 Å². The van der Waals surface area contributed by atoms with Gasteiger partial charge in [-0.05, 0) is 58.8 Å². The molecule has 170 valence electrons. The van der Waals surface area contributed by atoms with Gasteiger partial charge in [0.05, 0.1) is 11.0 Å². The van der Waals surface area contributed by atoms with E-state index in [1.807, 2.05) is 0 Å². The van der Waals surface area contributed by atoms with Gasteiger partial charge in [-0.1, -0.05) is 115 Å². The van der Waals surface area contributed by atoms with Crippen molar-refractivity contribution in [1.82, 2.24) is 4.57 Å². The number of benzene rings is 6. The minimum absolute atomic E-state index is 1.18. The van der Waals surface area contributed by atoms with Crippen LogP contribution in [0.5, 0.6) is 0 Å². The van der Waals surface area contributed by atoms with Crippen molar-refractivity contribution in [2.24, 2.45) is 0 Å². The average molecular weight is 460 g/mol. The number of nitrogens with zero attached hydrogens (tertiary/aromatic N) is 1. The molecule has 0 amide bonds. The van der Waals surface area contributed by atoms with Crippen LogP contribution in [0, 0.1) is 6.92 Å². The number of aromatic nitrogens is 1. The molecule has 0 saturated heterocycles. The van der Waals surface area contributed by atoms with E-state index >= 15 is 0 Å². The third-order valence-corrected chi connectivity index (χ3v) is 7.25. The third-order valence-electron chi connectivity index (χ3n) is 7.25. The topological polar surface area (TPSA) is 4.93 Å². The van der Waals surface area contributed by atoms with E-state index in [9.17, 15) is 0 Å². The second-order valence-corrected chi connectivity index (χ2v) is 9.53. The molecule has 1 heterocycles. The second-order valence-electron chi connectivity index (χ2n) is 9.53. The van der Waals surface area contributed by atoms with Gasteiger partial charge in [0.15, 0.2) is 0 Å². The summed E-state index contributed by atoms with van der Waals surface area (Å²) >= 11 is 0. The van der Waals surface area contributed by atoms with Crippen molar-refractivity contribution >= 4 is 32.6 Å². The van der Waals surface area contributed by atoms with Crippen LogP contribution in [0.1, 0.15) is 5.56 Å². The minimum atomic E-state index is 1.18. The molecule has 0 bridgehead atoms. The molecule has 1 nitrogen and oxygen atoms in total. The van der Waals surface area contributed by atoms with Gasteiger partial charge in [-0.2, -0.15) is 0 Å². The number of aryl methyl sites for hydroxylation is 1. The molecule has 0 fully saturated rings. The van der Waals surface area contributed by atoms with E-state index in [1.54, 1.807) is 0 Å². The van der Waals surface area contributed by atoms with E-state index in [1.165, 1.54) is 66.1 Å². The Bertz CT molecular complexity index is 1870. The summed E-state index contributed by atoms with van der Waals surface area (Å²) in [5.41, 5.74) is 9.88. The molecule has 1 heteroatoms. The molecule has 0 aliphatic heterocycles. The summed E-state index contributed by atoms with van der Waals surface area (Å²) in [6.45, 7) is 2.13. The van der Waals surface area contributed by atoms with Crippen LogP contribution in [0.15, 0.2) is 133 Å². The van der Waals surface area contributed by atoms with Gasteiger partial charge in [-0.15, -0.1) is 0 Å². The van der Waals surface area contributed by atoms with E-state index in [0.29, 0.717) is 0 Å². The highest BCUT2D eigenvalue weighted by Gasteiger charge is 2.16. The Hall–Kier alpha value is -4.62. The van der Waals surface area contributed by atoms with Crippen LogP contribution in [0.2, 0.25) is 0 Å². The normalized spacial score (nSPS) is 11.5. The SMILES string of the molecule is Cc1ccc(-c2ccc3c(c2)c2ccc4ccccc4c2n3-c2cccc(-c3ccccc3)c2)cc1. The van der Waals surface area contributed by atoms with Crippen LogP contribution in [0.25, 0.3) is 60.5 Å². The molecule has 0 radical (unpaired) electrons. The maximum Gasteiger partial charge on any atom is 0.0619 e. The molecule has 6 aromatic carbocycles. The van der Waals surface area contributed by atoms with E-state index < -0.39 is 0 Å². The first-order valence-corrected chi connectivity index (χ1v) is 12.5. The summed E-state index contributed by atoms with van der Waals surface area (Å²) in [5.74, 6) is 0. The Balaban J connectivity index is 1.55. The molecule has 0 unspecified atom stereocenters. The zero-order valence-electron chi connectivity index (χ0n) is 20.1. The molecule has 7 rings (SSSR count). The summed E-state index contributed by atoms with van der Waals surface area (Å²) in [5, 5.41) is 5.09. The fraction of sp³-hybridized carbons (Fsp3) is 0.0286. The highest BCUT2D eigenvalue weighted by Crippen LogP contribution is 2.39. The molecular weight excluding hydrogens is 434 g/mol. The molecule has 0 saturated carbocycles. The largest absolute Gasteiger partial charge is 0.309 e. The highest BCUT2D eigenvalue weighted by atomic mass is 15.0. The zero-order chi connectivity index (χ0) is 24.1. The predicted molar refractivity (Wildman–Crippen MR) is 154 cm³/mol. The summed E-state index contributed by atoms with van der Waals surface area (Å²) in [7, 11) is 0. The Labute approximate surface area is 210 Å². The number of rotatable bonds is 3. The van der Waals surface area contributed by atoms with Gasteiger partial charge in [0.2, 0.25) is 0 Å². The van der Waals surface area contributed by atoms with Crippen LogP contribution in [-0.4, -0.2) is 4.57 Å². The lowest BCUT2D eigenvalue weighted by molar-refractivity contribution is 1.19. The number of fused-ring (bicyclic) bond motifs is 5. The maximum absolute atomic E-state index is 2.44. The molecule has 36 heavy (non-hydrogen) atoms. The van der Waals surface area contributed by atoms with Gasteiger partial charge in [0, 0.05) is 21.8 Å². The van der Waals surface area contributed by atoms with Crippen molar-refractivity contribution in [3.63, 3.8) is 0 Å². The first kappa shape index (κ1) is 20.7. The quantitative estimate of drug-likeness (QED) is 0.248. The third kappa shape index (κ3) is 3.32. The minimum Gasteiger partial charge on any atom is -0.309 e. The fourth-order valence-corrected chi connectivity index (χ4v) is 5.43. The van der Waals surface area contributed by atoms with Crippen LogP contribution in [-0.2, 0) is 0 Å². The molecule has 0 aliphatic rings. The monoisotopic (exact) mass is 459 g/mol. The summed E-state index contributed by atoms with van der Waals surface area (Å²) < 4.78 is 2.44. The average Bonchev–Trinajstić information content (AvgIpc) is 3.28. The van der Waals surface area contributed by atoms with Crippen molar-refractivity contribution in [1.29, 1.82) is 0 Å². The van der Waals surface area contributed by atoms with Crippen LogP contribution >= 0.6 is 0 Å². The van der Waals surface area contributed by atoms with Gasteiger partial charge in [-0.3, -0.25) is 0 Å². The van der Waals surface area contributed by atoms with Crippen molar-refractivity contribution in [2.45, 2.75) is 6.92 Å². The molecule has 0 atom stereocenters. The first-order chi connectivity index (χ1) is 17.8. The van der Waals surface area contributed by atoms with E-state index in [4.69, 9.17) is 0 Å². The van der Waals surface area contributed by atoms with E-state index in [-0.39, 0.29) is 0 Å². The maximum atomic E-state index is 2.44. The number of hydrogen-bond donors (Lipinski definition) is 0. The standard InChI is InChI=1S/C35H25N/c1-24-14-16-26(17-15-24)29-19-21-34-33(23-29)32-20-18-27-10-5-6-13-31(27)35(32)36(34)30-12-7-11-28(22-30)25-8-3-2-4-9-25/h2-23H,1H3. The summed E-state index contributed by atoms with van der Waals surface area (Å²) in [6.07, 6.45) is 0. The van der Waals surface area contributed by atoms with Gasteiger partial charge >= 0.3 is 0 Å². The van der Waals surface area contributed by atoms with Crippen LogP contribution in [0.4, 0.5) is 0 Å². The van der Waals surface area contributed by atoms with Crippen LogP contribution < -0.4 is 0 Å². The lowest BCUT2D eigenvalue weighted by Crippen LogP contribution is -1.95. The van der Waals surface area contributed by atoms with Crippen molar-refractivity contribution in [3.05, 3.63) is 139 Å². The smallest absolute Gasteiger partial charge is 0.0619 e. The lowest BCUT2D eigenvalue weighted by Gasteiger charge is -2.12. The van der Waals surface area contributed by atoms with Crippen molar-refractivity contribution < 1.29 is 0 Å². The Morgan fingerprint density at radius 1 is 0.444 bits per heavy atom. The molecular formula is C35H25N. The van der Waals surface area contributed by atoms with Crippen LogP contribution in [0.3, 0.4) is 0 Å². The Morgan fingerprint density at radius 2 is 1.14 bits per heavy atom. The predicted octanol–water partition coefficient (Wildman–Crippen LogP) is 9.58. The van der Waals surface area contributed by atoms with Crippen molar-refractivity contribution in [3.8, 4) is 27.9 Å².